The molecule has 5 heteroatoms. The molecule has 3 heterocycles. The van der Waals surface area contributed by atoms with Crippen LogP contribution in [0.5, 0.6) is 0 Å². The lowest BCUT2D eigenvalue weighted by Gasteiger charge is -2.42. The third-order valence-electron chi connectivity index (χ3n) is 5.60. The van der Waals surface area contributed by atoms with Crippen LogP contribution in [0.2, 0.25) is 0 Å². The Bertz CT molecular complexity index is 566. The summed E-state index contributed by atoms with van der Waals surface area (Å²) in [7, 11) is 0. The average molecular weight is 319 g/mol. The highest BCUT2D eigenvalue weighted by atomic mass is 19.1. The molecule has 0 aliphatic carbocycles. The summed E-state index contributed by atoms with van der Waals surface area (Å²) >= 11 is 0. The van der Waals surface area contributed by atoms with Crippen molar-refractivity contribution in [3.8, 4) is 0 Å². The van der Waals surface area contributed by atoms with Gasteiger partial charge in [0, 0.05) is 38.4 Å². The first-order valence-electron chi connectivity index (χ1n) is 8.85. The maximum absolute atomic E-state index is 14.1. The molecule has 3 aliphatic rings. The first-order valence-corrected chi connectivity index (χ1v) is 8.85. The Balaban J connectivity index is 1.42. The van der Waals surface area contributed by atoms with Crippen molar-refractivity contribution in [1.29, 1.82) is 0 Å². The van der Waals surface area contributed by atoms with Gasteiger partial charge in [-0.05, 0) is 50.3 Å². The monoisotopic (exact) mass is 319 g/mol. The number of anilines is 2. The molecule has 0 atom stereocenters. The van der Waals surface area contributed by atoms with Crippen molar-refractivity contribution in [3.63, 3.8) is 0 Å². The van der Waals surface area contributed by atoms with Crippen LogP contribution in [0.25, 0.3) is 0 Å². The molecule has 126 valence electrons. The number of nitrogens with zero attached hydrogens (tertiary/aromatic N) is 2. The molecule has 4 nitrogen and oxygen atoms in total. The van der Waals surface area contributed by atoms with E-state index in [9.17, 15) is 4.39 Å². The highest BCUT2D eigenvalue weighted by Crippen LogP contribution is 2.38. The Morgan fingerprint density at radius 2 is 1.83 bits per heavy atom. The molecule has 0 amide bonds. The molecule has 0 saturated carbocycles. The summed E-state index contributed by atoms with van der Waals surface area (Å²) < 4.78 is 19.6. The van der Waals surface area contributed by atoms with Crippen LogP contribution in [0.3, 0.4) is 0 Å². The molecule has 1 aromatic carbocycles. The zero-order valence-electron chi connectivity index (χ0n) is 13.9. The Morgan fingerprint density at radius 3 is 2.57 bits per heavy atom. The lowest BCUT2D eigenvalue weighted by molar-refractivity contribution is 0.0252. The van der Waals surface area contributed by atoms with Gasteiger partial charge in [-0.1, -0.05) is 0 Å². The number of nitrogens with one attached hydrogen (secondary N) is 1. The molecule has 4 rings (SSSR count). The highest BCUT2D eigenvalue weighted by Gasteiger charge is 2.32. The number of likely N-dealkylation sites (tertiary alicyclic amines) is 1. The van der Waals surface area contributed by atoms with E-state index in [1.54, 1.807) is 6.07 Å². The van der Waals surface area contributed by atoms with Crippen molar-refractivity contribution in [2.75, 3.05) is 43.2 Å². The van der Waals surface area contributed by atoms with E-state index in [0.29, 0.717) is 17.8 Å². The van der Waals surface area contributed by atoms with Crippen LogP contribution in [-0.2, 0) is 4.74 Å². The molecular weight excluding hydrogens is 293 g/mol. The van der Waals surface area contributed by atoms with Crippen LogP contribution in [0, 0.1) is 12.7 Å². The fraction of sp³-hybridized carbons (Fsp3) is 0.667. The van der Waals surface area contributed by atoms with Crippen molar-refractivity contribution in [2.45, 2.75) is 44.7 Å². The largest absolute Gasteiger partial charge is 0.381 e. The van der Waals surface area contributed by atoms with E-state index < -0.39 is 0 Å². The average Bonchev–Trinajstić information content (AvgIpc) is 3.00. The number of aryl methyl sites for hydroxylation is 1. The van der Waals surface area contributed by atoms with E-state index in [4.69, 9.17) is 4.74 Å². The van der Waals surface area contributed by atoms with E-state index >= 15 is 0 Å². The number of halogens is 1. The molecule has 1 N–H and O–H groups in total. The zero-order valence-corrected chi connectivity index (χ0v) is 13.9. The van der Waals surface area contributed by atoms with Crippen molar-refractivity contribution in [1.82, 2.24) is 4.90 Å². The van der Waals surface area contributed by atoms with Crippen LogP contribution in [0.1, 0.15) is 31.2 Å². The highest BCUT2D eigenvalue weighted by molar-refractivity contribution is 5.76. The number of piperidine rings is 1. The Kier molecular flexibility index (Phi) is 4.16. The van der Waals surface area contributed by atoms with E-state index in [1.165, 1.54) is 12.8 Å². The molecule has 3 aliphatic heterocycles. The second-order valence-corrected chi connectivity index (χ2v) is 7.06. The first kappa shape index (κ1) is 15.2. The predicted octanol–water partition coefficient (Wildman–Crippen LogP) is 2.97. The molecular formula is C18H26FN3O. The Labute approximate surface area is 137 Å². The van der Waals surface area contributed by atoms with Crippen molar-refractivity contribution in [2.24, 2.45) is 0 Å². The van der Waals surface area contributed by atoms with E-state index in [1.807, 2.05) is 6.92 Å². The number of hydrogen-bond acceptors (Lipinski definition) is 4. The molecule has 0 bridgehead atoms. The summed E-state index contributed by atoms with van der Waals surface area (Å²) in [5.41, 5.74) is 2.73. The van der Waals surface area contributed by atoms with Gasteiger partial charge in [0.15, 0.2) is 0 Å². The molecule has 2 saturated heterocycles. The van der Waals surface area contributed by atoms with Gasteiger partial charge in [-0.2, -0.15) is 0 Å². The van der Waals surface area contributed by atoms with E-state index in [-0.39, 0.29) is 5.82 Å². The predicted molar refractivity (Wildman–Crippen MR) is 90.5 cm³/mol. The number of ether oxygens (including phenoxy) is 1. The lowest BCUT2D eigenvalue weighted by atomic mass is 9.98. The normalized spacial score (nSPS) is 23.8. The standard InChI is InChI=1S/C18H26FN3O/c1-13-10-16(19)18-17(11-13)22(12-20-18)15-2-6-21(7-3-15)14-4-8-23-9-5-14/h10-11,14-15,20H,2-9,12H2,1H3. The molecule has 2 fully saturated rings. The number of rotatable bonds is 2. The fourth-order valence-electron chi connectivity index (χ4n) is 4.31. The number of fused-ring (bicyclic) bond motifs is 1. The molecule has 0 radical (unpaired) electrons. The molecule has 1 aromatic rings. The third-order valence-corrected chi connectivity index (χ3v) is 5.60. The summed E-state index contributed by atoms with van der Waals surface area (Å²) in [4.78, 5) is 5.01. The van der Waals surface area contributed by atoms with E-state index in [2.05, 4.69) is 21.2 Å². The van der Waals surface area contributed by atoms with Gasteiger partial charge < -0.3 is 19.9 Å². The quantitative estimate of drug-likeness (QED) is 0.907. The Morgan fingerprint density at radius 1 is 1.09 bits per heavy atom. The summed E-state index contributed by atoms with van der Waals surface area (Å²) in [5.74, 6) is -0.123. The summed E-state index contributed by atoms with van der Waals surface area (Å²) in [5, 5.41) is 3.24. The van der Waals surface area contributed by atoms with Crippen LogP contribution in [0.4, 0.5) is 15.8 Å². The van der Waals surface area contributed by atoms with Crippen LogP contribution in [0.15, 0.2) is 12.1 Å². The number of hydrogen-bond donors (Lipinski definition) is 1. The topological polar surface area (TPSA) is 27.7 Å². The third kappa shape index (κ3) is 2.92. The summed E-state index contributed by atoms with van der Waals surface area (Å²) in [6, 6.07) is 4.95. The van der Waals surface area contributed by atoms with Crippen molar-refractivity contribution in [3.05, 3.63) is 23.5 Å². The minimum Gasteiger partial charge on any atom is -0.381 e. The maximum Gasteiger partial charge on any atom is 0.148 e. The van der Waals surface area contributed by atoms with Gasteiger partial charge in [0.1, 0.15) is 5.82 Å². The van der Waals surface area contributed by atoms with Gasteiger partial charge in [0.05, 0.1) is 18.0 Å². The van der Waals surface area contributed by atoms with Gasteiger partial charge >= 0.3 is 0 Å². The van der Waals surface area contributed by atoms with Crippen LogP contribution in [-0.4, -0.2) is 50.0 Å². The van der Waals surface area contributed by atoms with E-state index in [0.717, 1.165) is 57.1 Å². The second-order valence-electron chi connectivity index (χ2n) is 7.06. The molecule has 23 heavy (non-hydrogen) atoms. The molecule has 0 unspecified atom stereocenters. The fourth-order valence-corrected chi connectivity index (χ4v) is 4.31. The lowest BCUT2D eigenvalue weighted by Crippen LogP contribution is -2.49. The van der Waals surface area contributed by atoms with Gasteiger partial charge in [0.25, 0.3) is 0 Å². The summed E-state index contributed by atoms with van der Waals surface area (Å²) in [6.07, 6.45) is 4.66. The van der Waals surface area contributed by atoms with Crippen molar-refractivity contribution < 1.29 is 9.13 Å². The number of benzene rings is 1. The zero-order chi connectivity index (χ0) is 15.8. The second kappa shape index (κ2) is 6.29. The maximum atomic E-state index is 14.1. The van der Waals surface area contributed by atoms with Gasteiger partial charge in [0.2, 0.25) is 0 Å². The summed E-state index contributed by atoms with van der Waals surface area (Å²) in [6.45, 7) is 6.81. The van der Waals surface area contributed by atoms with Gasteiger partial charge in [-0.3, -0.25) is 0 Å². The molecule has 0 aromatic heterocycles. The first-order chi connectivity index (χ1) is 11.2. The smallest absolute Gasteiger partial charge is 0.148 e. The minimum atomic E-state index is -0.123. The van der Waals surface area contributed by atoms with Crippen LogP contribution >= 0.6 is 0 Å². The van der Waals surface area contributed by atoms with Gasteiger partial charge in [-0.15, -0.1) is 0 Å². The Hall–Kier alpha value is -1.33. The van der Waals surface area contributed by atoms with Crippen molar-refractivity contribution >= 4 is 11.4 Å². The minimum absolute atomic E-state index is 0.123. The molecule has 0 spiro atoms. The SMILES string of the molecule is Cc1cc(F)c2c(c1)N(C1CCN(C3CCOCC3)CC1)CN2. The van der Waals surface area contributed by atoms with Crippen LogP contribution < -0.4 is 10.2 Å². The van der Waals surface area contributed by atoms with Gasteiger partial charge in [-0.25, -0.2) is 4.39 Å².